The molecule has 1 heterocycles. The lowest BCUT2D eigenvalue weighted by molar-refractivity contribution is -0.0551. The summed E-state index contributed by atoms with van der Waals surface area (Å²) in [5.41, 5.74) is 3.24. The van der Waals surface area contributed by atoms with Gasteiger partial charge in [-0.3, -0.25) is 4.90 Å². The number of piperidine rings is 1. The first kappa shape index (κ1) is 19.2. The van der Waals surface area contributed by atoms with Crippen molar-refractivity contribution in [2.45, 2.75) is 37.0 Å². The molecule has 0 bridgehead atoms. The molecule has 2 aromatic carbocycles. The number of hydrogen-bond donors (Lipinski definition) is 1. The molecule has 5 nitrogen and oxygen atoms in total. The first-order chi connectivity index (χ1) is 13.6. The van der Waals surface area contributed by atoms with Crippen molar-refractivity contribution in [2.24, 2.45) is 0 Å². The Balaban J connectivity index is 1.55. The summed E-state index contributed by atoms with van der Waals surface area (Å²) in [6.07, 6.45) is 1.07. The van der Waals surface area contributed by atoms with Crippen LogP contribution in [0.5, 0.6) is 11.5 Å². The van der Waals surface area contributed by atoms with E-state index in [9.17, 15) is 5.11 Å². The first-order valence-electron chi connectivity index (χ1n) is 9.87. The van der Waals surface area contributed by atoms with Crippen molar-refractivity contribution < 1.29 is 19.3 Å². The summed E-state index contributed by atoms with van der Waals surface area (Å²) in [5.74, 6) is 1.70. The fourth-order valence-corrected chi connectivity index (χ4v) is 5.06. The van der Waals surface area contributed by atoms with Crippen molar-refractivity contribution in [3.63, 3.8) is 0 Å². The van der Waals surface area contributed by atoms with E-state index >= 15 is 0 Å². The maximum absolute atomic E-state index is 11.1. The highest BCUT2D eigenvalue weighted by Crippen LogP contribution is 2.52. The topological polar surface area (TPSA) is 51.2 Å². The molecule has 28 heavy (non-hydrogen) atoms. The molecule has 1 spiro atoms. The quantitative estimate of drug-likeness (QED) is 0.859. The van der Waals surface area contributed by atoms with E-state index in [4.69, 9.17) is 14.2 Å². The molecule has 5 heteroatoms. The summed E-state index contributed by atoms with van der Waals surface area (Å²) in [4.78, 5) is 2.42. The molecule has 4 rings (SSSR count). The number of benzene rings is 2. The van der Waals surface area contributed by atoms with Gasteiger partial charge in [0.25, 0.3) is 0 Å². The van der Waals surface area contributed by atoms with E-state index in [1.165, 1.54) is 5.56 Å². The number of methoxy groups -OCH3 is 3. The summed E-state index contributed by atoms with van der Waals surface area (Å²) in [7, 11) is 5.08. The van der Waals surface area contributed by atoms with Gasteiger partial charge in [-0.1, -0.05) is 30.3 Å². The molecule has 0 radical (unpaired) electrons. The van der Waals surface area contributed by atoms with E-state index in [0.29, 0.717) is 0 Å². The van der Waals surface area contributed by atoms with Gasteiger partial charge in [0, 0.05) is 19.1 Å². The standard InChI is InChI=1S/C23H29NO4/c1-26-19-9-6-10-20(27-2)17(19)15-24-13-11-23(12-14-24)18-8-5-4-7-16(18)21(28-3)22(23)25/h4-10,21-22,25H,11-15H2,1-3H3/t21-,22+/m1/s1. The minimum Gasteiger partial charge on any atom is -0.496 e. The zero-order valence-electron chi connectivity index (χ0n) is 16.9. The van der Waals surface area contributed by atoms with Crippen LogP contribution in [0.4, 0.5) is 0 Å². The highest BCUT2D eigenvalue weighted by molar-refractivity contribution is 5.46. The predicted molar refractivity (Wildman–Crippen MR) is 108 cm³/mol. The van der Waals surface area contributed by atoms with Crippen molar-refractivity contribution in [3.05, 3.63) is 59.2 Å². The maximum atomic E-state index is 11.1. The van der Waals surface area contributed by atoms with Gasteiger partial charge in [-0.15, -0.1) is 0 Å². The number of fused-ring (bicyclic) bond motifs is 2. The van der Waals surface area contributed by atoms with Gasteiger partial charge in [-0.05, 0) is 49.2 Å². The van der Waals surface area contributed by atoms with Crippen LogP contribution >= 0.6 is 0 Å². The van der Waals surface area contributed by atoms with Gasteiger partial charge in [0.1, 0.15) is 17.6 Å². The normalized spacial score (nSPS) is 23.6. The fourth-order valence-electron chi connectivity index (χ4n) is 5.06. The van der Waals surface area contributed by atoms with Crippen molar-refractivity contribution in [3.8, 4) is 11.5 Å². The van der Waals surface area contributed by atoms with Crippen LogP contribution in [0.2, 0.25) is 0 Å². The van der Waals surface area contributed by atoms with Gasteiger partial charge in [0.15, 0.2) is 0 Å². The van der Waals surface area contributed by atoms with Gasteiger partial charge in [-0.2, -0.15) is 0 Å². The Hall–Kier alpha value is -2.08. The van der Waals surface area contributed by atoms with E-state index in [-0.39, 0.29) is 11.5 Å². The third-order valence-electron chi connectivity index (χ3n) is 6.57. The van der Waals surface area contributed by atoms with Crippen LogP contribution in [-0.4, -0.2) is 50.5 Å². The molecule has 1 N–H and O–H groups in total. The minimum atomic E-state index is -0.502. The van der Waals surface area contributed by atoms with Crippen LogP contribution < -0.4 is 9.47 Å². The van der Waals surface area contributed by atoms with Crippen LogP contribution in [0.25, 0.3) is 0 Å². The molecular formula is C23H29NO4. The smallest absolute Gasteiger partial charge is 0.127 e. The first-order valence-corrected chi connectivity index (χ1v) is 9.87. The summed E-state index contributed by atoms with van der Waals surface area (Å²) in [5, 5.41) is 11.1. The summed E-state index contributed by atoms with van der Waals surface area (Å²) < 4.78 is 16.8. The molecule has 1 aliphatic heterocycles. The second-order valence-corrected chi connectivity index (χ2v) is 7.76. The van der Waals surface area contributed by atoms with Gasteiger partial charge in [-0.25, -0.2) is 0 Å². The predicted octanol–water partition coefficient (Wildman–Crippen LogP) is 3.30. The summed E-state index contributed by atoms with van der Waals surface area (Å²) in [6, 6.07) is 14.2. The fraction of sp³-hybridized carbons (Fsp3) is 0.478. The van der Waals surface area contributed by atoms with Crippen molar-refractivity contribution in [2.75, 3.05) is 34.4 Å². The van der Waals surface area contributed by atoms with Gasteiger partial charge < -0.3 is 19.3 Å². The molecule has 1 saturated heterocycles. The SMILES string of the molecule is COc1cccc(OC)c1CN1CCC2(CC1)c1ccccc1[C@@H](OC)[C@@H]2O. The monoisotopic (exact) mass is 383 g/mol. The van der Waals surface area contributed by atoms with Crippen LogP contribution in [0.3, 0.4) is 0 Å². The third-order valence-corrected chi connectivity index (χ3v) is 6.57. The summed E-state index contributed by atoms with van der Waals surface area (Å²) in [6.45, 7) is 2.58. The van der Waals surface area contributed by atoms with E-state index < -0.39 is 6.10 Å². The van der Waals surface area contributed by atoms with Crippen LogP contribution in [0.15, 0.2) is 42.5 Å². The zero-order chi connectivity index (χ0) is 19.7. The number of nitrogens with zero attached hydrogens (tertiary/aromatic N) is 1. The van der Waals surface area contributed by atoms with Crippen molar-refractivity contribution in [1.82, 2.24) is 4.90 Å². The Kier molecular flexibility index (Phi) is 5.32. The average molecular weight is 383 g/mol. The molecule has 0 aromatic heterocycles. The van der Waals surface area contributed by atoms with Crippen LogP contribution in [0.1, 0.15) is 35.6 Å². The van der Waals surface area contributed by atoms with E-state index in [0.717, 1.165) is 55.1 Å². The molecule has 150 valence electrons. The molecule has 2 aromatic rings. The zero-order valence-corrected chi connectivity index (χ0v) is 16.9. The largest absolute Gasteiger partial charge is 0.496 e. The molecule has 2 aliphatic rings. The van der Waals surface area contributed by atoms with E-state index in [2.05, 4.69) is 23.1 Å². The molecule has 0 saturated carbocycles. The van der Waals surface area contributed by atoms with E-state index in [1.54, 1.807) is 21.3 Å². The molecule has 0 amide bonds. The van der Waals surface area contributed by atoms with Crippen LogP contribution in [-0.2, 0) is 16.7 Å². The minimum absolute atomic E-state index is 0.224. The Morgan fingerprint density at radius 3 is 2.21 bits per heavy atom. The highest BCUT2D eigenvalue weighted by atomic mass is 16.5. The van der Waals surface area contributed by atoms with Crippen molar-refractivity contribution >= 4 is 0 Å². The Morgan fingerprint density at radius 2 is 1.61 bits per heavy atom. The van der Waals surface area contributed by atoms with Gasteiger partial charge in [0.05, 0.1) is 25.9 Å². The average Bonchev–Trinajstić information content (AvgIpc) is 2.97. The molecule has 1 aliphatic carbocycles. The summed E-state index contributed by atoms with van der Waals surface area (Å²) >= 11 is 0. The lowest BCUT2D eigenvalue weighted by Crippen LogP contribution is -2.47. The third kappa shape index (κ3) is 2.98. The molecular weight excluding hydrogens is 354 g/mol. The number of aliphatic hydroxyl groups is 1. The number of likely N-dealkylation sites (tertiary alicyclic amines) is 1. The number of aliphatic hydroxyl groups excluding tert-OH is 1. The van der Waals surface area contributed by atoms with Crippen molar-refractivity contribution in [1.29, 1.82) is 0 Å². The number of ether oxygens (including phenoxy) is 3. The Morgan fingerprint density at radius 1 is 0.964 bits per heavy atom. The Labute approximate surface area is 166 Å². The highest BCUT2D eigenvalue weighted by Gasteiger charge is 2.52. The lowest BCUT2D eigenvalue weighted by atomic mass is 9.72. The number of hydrogen-bond acceptors (Lipinski definition) is 5. The molecule has 2 atom stereocenters. The second kappa shape index (κ2) is 7.74. The van der Waals surface area contributed by atoms with Gasteiger partial charge >= 0.3 is 0 Å². The molecule has 0 unspecified atom stereocenters. The second-order valence-electron chi connectivity index (χ2n) is 7.76. The lowest BCUT2D eigenvalue weighted by Gasteiger charge is -2.42. The molecule has 1 fully saturated rings. The maximum Gasteiger partial charge on any atom is 0.127 e. The number of rotatable bonds is 5. The van der Waals surface area contributed by atoms with E-state index in [1.807, 2.05) is 24.3 Å². The van der Waals surface area contributed by atoms with Crippen LogP contribution in [0, 0.1) is 0 Å². The van der Waals surface area contributed by atoms with Gasteiger partial charge in [0.2, 0.25) is 0 Å². The Bertz CT molecular complexity index is 807.